The predicted octanol–water partition coefficient (Wildman–Crippen LogP) is 4.23. The van der Waals surface area contributed by atoms with Gasteiger partial charge in [-0.15, -0.1) is 0 Å². The van der Waals surface area contributed by atoms with Gasteiger partial charge in [-0.2, -0.15) is 0 Å². The third-order valence-electron chi connectivity index (χ3n) is 4.95. The van der Waals surface area contributed by atoms with Crippen LogP contribution in [-0.4, -0.2) is 48.6 Å². The summed E-state index contributed by atoms with van der Waals surface area (Å²) in [7, 11) is 1.92. The van der Waals surface area contributed by atoms with Crippen LogP contribution < -0.4 is 15.4 Å². The van der Waals surface area contributed by atoms with Crippen molar-refractivity contribution < 1.29 is 19.4 Å². The first kappa shape index (κ1) is 24.0. The molecule has 172 valence electrons. The average Bonchev–Trinajstić information content (AvgIpc) is 2.81. The molecule has 0 fully saturated rings. The minimum atomic E-state index is -0.921. The Morgan fingerprint density at radius 2 is 1.58 bits per heavy atom. The second kappa shape index (κ2) is 12.4. The minimum absolute atomic E-state index is 0.0688. The molecule has 0 aliphatic heterocycles. The first-order valence-corrected chi connectivity index (χ1v) is 10.8. The Morgan fingerprint density at radius 3 is 2.24 bits per heavy atom. The Labute approximate surface area is 194 Å². The van der Waals surface area contributed by atoms with E-state index in [1.807, 2.05) is 78.7 Å². The van der Waals surface area contributed by atoms with Crippen LogP contribution in [-0.2, 0) is 11.3 Å². The number of para-hydroxylation sites is 1. The Hall–Kier alpha value is -3.68. The largest absolute Gasteiger partial charge is 0.478 e. The van der Waals surface area contributed by atoms with Crippen molar-refractivity contribution in [3.8, 4) is 11.5 Å². The zero-order valence-corrected chi connectivity index (χ0v) is 18.7. The lowest BCUT2D eigenvalue weighted by Crippen LogP contribution is -2.32. The number of rotatable bonds is 12. The van der Waals surface area contributed by atoms with Gasteiger partial charge < -0.3 is 20.5 Å². The smallest absolute Gasteiger partial charge is 0.335 e. The molecule has 3 N–H and O–H groups in total. The molecule has 0 spiro atoms. The number of likely N-dealkylation sites (N-methyl/N-ethyl adjacent to an activating group) is 1. The fourth-order valence-corrected chi connectivity index (χ4v) is 3.23. The fourth-order valence-electron chi connectivity index (χ4n) is 3.23. The highest BCUT2D eigenvalue weighted by Gasteiger charge is 2.07. The van der Waals surface area contributed by atoms with Gasteiger partial charge in [0.05, 0.1) is 12.1 Å². The van der Waals surface area contributed by atoms with E-state index in [0.717, 1.165) is 36.5 Å². The van der Waals surface area contributed by atoms with Gasteiger partial charge in [0.2, 0.25) is 5.91 Å². The van der Waals surface area contributed by atoms with E-state index in [-0.39, 0.29) is 11.5 Å². The normalized spacial score (nSPS) is 10.7. The number of carboxylic acid groups (broad SMARTS) is 1. The zero-order valence-electron chi connectivity index (χ0n) is 18.7. The number of ether oxygens (including phenoxy) is 1. The standard InChI is InChI=1S/C26H29N3O4/c1-29(17-5-16-27-18-20-8-10-21(11-9-20)26(31)32)19-25(30)28-22-12-14-24(15-13-22)33-23-6-3-2-4-7-23/h2-4,6-15,27H,5,16-19H2,1H3,(H,28,30)(H,31,32). The van der Waals surface area contributed by atoms with E-state index in [9.17, 15) is 9.59 Å². The molecule has 7 heteroatoms. The van der Waals surface area contributed by atoms with E-state index < -0.39 is 5.97 Å². The molecule has 7 nitrogen and oxygen atoms in total. The molecule has 0 bridgehead atoms. The number of nitrogens with one attached hydrogen (secondary N) is 2. The van der Waals surface area contributed by atoms with Crippen molar-refractivity contribution in [1.29, 1.82) is 0 Å². The van der Waals surface area contributed by atoms with E-state index in [0.29, 0.717) is 18.8 Å². The number of amides is 1. The zero-order chi connectivity index (χ0) is 23.5. The number of hydrogen-bond donors (Lipinski definition) is 3. The van der Waals surface area contributed by atoms with Gasteiger partial charge in [0.25, 0.3) is 0 Å². The van der Waals surface area contributed by atoms with Crippen molar-refractivity contribution in [2.24, 2.45) is 0 Å². The third-order valence-corrected chi connectivity index (χ3v) is 4.95. The maximum atomic E-state index is 12.3. The highest BCUT2D eigenvalue weighted by Crippen LogP contribution is 2.22. The van der Waals surface area contributed by atoms with E-state index in [2.05, 4.69) is 10.6 Å². The summed E-state index contributed by atoms with van der Waals surface area (Å²) in [6.45, 7) is 2.56. The molecule has 0 aliphatic rings. The van der Waals surface area contributed by atoms with Crippen LogP contribution in [0.5, 0.6) is 11.5 Å². The van der Waals surface area contributed by atoms with Crippen molar-refractivity contribution in [1.82, 2.24) is 10.2 Å². The Kier molecular flexibility index (Phi) is 8.99. The first-order valence-electron chi connectivity index (χ1n) is 10.8. The maximum absolute atomic E-state index is 12.3. The first-order chi connectivity index (χ1) is 16.0. The molecule has 3 aromatic carbocycles. The minimum Gasteiger partial charge on any atom is -0.478 e. The maximum Gasteiger partial charge on any atom is 0.335 e. The molecule has 0 aliphatic carbocycles. The van der Waals surface area contributed by atoms with Gasteiger partial charge in [-0.05, 0) is 80.7 Å². The van der Waals surface area contributed by atoms with Gasteiger partial charge >= 0.3 is 5.97 Å². The summed E-state index contributed by atoms with van der Waals surface area (Å²) in [5, 5.41) is 15.2. The van der Waals surface area contributed by atoms with Crippen molar-refractivity contribution in [2.75, 3.05) is 32.0 Å². The van der Waals surface area contributed by atoms with Gasteiger partial charge in [0.15, 0.2) is 0 Å². The van der Waals surface area contributed by atoms with Gasteiger partial charge in [-0.1, -0.05) is 30.3 Å². The molecule has 0 aromatic heterocycles. The van der Waals surface area contributed by atoms with Crippen molar-refractivity contribution >= 4 is 17.6 Å². The highest BCUT2D eigenvalue weighted by molar-refractivity contribution is 5.92. The van der Waals surface area contributed by atoms with Crippen molar-refractivity contribution in [3.05, 3.63) is 90.0 Å². The molecule has 33 heavy (non-hydrogen) atoms. The van der Waals surface area contributed by atoms with E-state index >= 15 is 0 Å². The lowest BCUT2D eigenvalue weighted by molar-refractivity contribution is -0.117. The summed E-state index contributed by atoms with van der Waals surface area (Å²) < 4.78 is 5.76. The van der Waals surface area contributed by atoms with E-state index in [4.69, 9.17) is 9.84 Å². The molecule has 3 aromatic rings. The topological polar surface area (TPSA) is 90.9 Å². The molecular weight excluding hydrogens is 418 g/mol. The molecule has 0 unspecified atom stereocenters. The summed E-state index contributed by atoms with van der Waals surface area (Å²) in [4.78, 5) is 25.2. The summed E-state index contributed by atoms with van der Waals surface area (Å²) >= 11 is 0. The quantitative estimate of drug-likeness (QED) is 0.360. The van der Waals surface area contributed by atoms with Crippen molar-refractivity contribution in [3.63, 3.8) is 0 Å². The van der Waals surface area contributed by atoms with Gasteiger partial charge in [-0.3, -0.25) is 9.69 Å². The Balaban J connectivity index is 1.31. The van der Waals surface area contributed by atoms with Gasteiger partial charge in [0, 0.05) is 12.2 Å². The molecule has 0 atom stereocenters. The predicted molar refractivity (Wildman–Crippen MR) is 129 cm³/mol. The van der Waals surface area contributed by atoms with Crippen LogP contribution in [0.2, 0.25) is 0 Å². The molecule has 0 radical (unpaired) electrons. The highest BCUT2D eigenvalue weighted by atomic mass is 16.5. The number of anilines is 1. The molecular formula is C26H29N3O4. The number of aromatic carboxylic acids is 1. The molecule has 0 heterocycles. The van der Waals surface area contributed by atoms with Gasteiger partial charge in [-0.25, -0.2) is 4.79 Å². The second-order valence-electron chi connectivity index (χ2n) is 7.76. The Morgan fingerprint density at radius 1 is 0.909 bits per heavy atom. The van der Waals surface area contributed by atoms with Crippen LogP contribution in [0.25, 0.3) is 0 Å². The van der Waals surface area contributed by atoms with Crippen LogP contribution in [0, 0.1) is 0 Å². The number of carboxylic acids is 1. The lowest BCUT2D eigenvalue weighted by Gasteiger charge is -2.16. The van der Waals surface area contributed by atoms with Crippen LogP contribution in [0.4, 0.5) is 5.69 Å². The molecule has 0 saturated heterocycles. The summed E-state index contributed by atoms with van der Waals surface area (Å²) in [6.07, 6.45) is 0.891. The summed E-state index contributed by atoms with van der Waals surface area (Å²) in [5.41, 5.74) is 2.05. The van der Waals surface area contributed by atoms with Crippen LogP contribution in [0.1, 0.15) is 22.3 Å². The average molecular weight is 448 g/mol. The van der Waals surface area contributed by atoms with Gasteiger partial charge in [0.1, 0.15) is 11.5 Å². The summed E-state index contributed by atoms with van der Waals surface area (Å²) in [6, 6.07) is 23.7. The van der Waals surface area contributed by atoms with E-state index in [1.54, 1.807) is 12.1 Å². The van der Waals surface area contributed by atoms with Crippen LogP contribution in [0.3, 0.4) is 0 Å². The second-order valence-corrected chi connectivity index (χ2v) is 7.76. The molecule has 0 saturated carbocycles. The Bertz CT molecular complexity index is 1020. The monoisotopic (exact) mass is 447 g/mol. The third kappa shape index (κ3) is 8.40. The van der Waals surface area contributed by atoms with Crippen LogP contribution in [0.15, 0.2) is 78.9 Å². The molecule has 1 amide bonds. The van der Waals surface area contributed by atoms with Crippen LogP contribution >= 0.6 is 0 Å². The van der Waals surface area contributed by atoms with E-state index in [1.165, 1.54) is 0 Å². The fraction of sp³-hybridized carbons (Fsp3) is 0.231. The van der Waals surface area contributed by atoms with Crippen molar-refractivity contribution in [2.45, 2.75) is 13.0 Å². The lowest BCUT2D eigenvalue weighted by atomic mass is 10.1. The number of carbonyl (C=O) groups excluding carboxylic acids is 1. The number of nitrogens with zero attached hydrogens (tertiary/aromatic N) is 1. The molecule has 3 rings (SSSR count). The summed E-state index contributed by atoms with van der Waals surface area (Å²) in [5.74, 6) is 0.486. The SMILES string of the molecule is CN(CCCNCc1ccc(C(=O)O)cc1)CC(=O)Nc1ccc(Oc2ccccc2)cc1. The number of benzene rings is 3. The number of carbonyl (C=O) groups is 2. The number of hydrogen-bond acceptors (Lipinski definition) is 5.